The Morgan fingerprint density at radius 1 is 1.19 bits per heavy atom. The molecule has 1 aliphatic heterocycles. The van der Waals surface area contributed by atoms with E-state index < -0.39 is 0 Å². The Bertz CT molecular complexity index is 744. The number of nitrogens with zero attached hydrogens (tertiary/aromatic N) is 4. The molecule has 7 nitrogen and oxygen atoms in total. The average molecular weight is 355 g/mol. The van der Waals surface area contributed by atoms with Gasteiger partial charge in [0.05, 0.1) is 13.7 Å². The Hall–Kier alpha value is -2.67. The van der Waals surface area contributed by atoms with Crippen LogP contribution in [0.4, 0.5) is 5.95 Å². The number of piperazine rings is 1. The molecule has 1 aliphatic rings. The number of aromatic nitrogens is 2. The Morgan fingerprint density at radius 3 is 2.69 bits per heavy atom. The number of carbonyl (C=O) groups is 1. The lowest BCUT2D eigenvalue weighted by Crippen LogP contribution is -2.49. The summed E-state index contributed by atoms with van der Waals surface area (Å²) in [5.41, 5.74) is 2.35. The number of rotatable bonds is 6. The molecule has 0 aliphatic carbocycles. The van der Waals surface area contributed by atoms with Crippen LogP contribution in [-0.4, -0.2) is 60.6 Å². The summed E-state index contributed by atoms with van der Waals surface area (Å²) >= 11 is 0. The lowest BCUT2D eigenvalue weighted by Gasteiger charge is -2.34. The summed E-state index contributed by atoms with van der Waals surface area (Å²) in [7, 11) is 1.60. The fraction of sp³-hybridized carbons (Fsp3) is 0.421. The fourth-order valence-electron chi connectivity index (χ4n) is 2.97. The molecule has 0 unspecified atom stereocenters. The van der Waals surface area contributed by atoms with Crippen LogP contribution in [0.3, 0.4) is 0 Å². The van der Waals surface area contributed by atoms with Gasteiger partial charge in [-0.05, 0) is 18.1 Å². The molecule has 7 heteroatoms. The van der Waals surface area contributed by atoms with E-state index >= 15 is 0 Å². The SMILES string of the molecule is COc1ccnc(N2CCN(CC(=O)NCc3ccccc3C)CC2)n1. The van der Waals surface area contributed by atoms with Gasteiger partial charge in [-0.2, -0.15) is 4.98 Å². The molecule has 3 rings (SSSR count). The molecule has 0 spiro atoms. The fourth-order valence-corrected chi connectivity index (χ4v) is 2.97. The monoisotopic (exact) mass is 355 g/mol. The topological polar surface area (TPSA) is 70.6 Å². The van der Waals surface area contributed by atoms with Gasteiger partial charge >= 0.3 is 0 Å². The molecule has 138 valence electrons. The van der Waals surface area contributed by atoms with Crippen LogP contribution in [-0.2, 0) is 11.3 Å². The minimum Gasteiger partial charge on any atom is -0.481 e. The van der Waals surface area contributed by atoms with Crippen molar-refractivity contribution in [3.8, 4) is 5.88 Å². The maximum absolute atomic E-state index is 12.2. The van der Waals surface area contributed by atoms with Crippen molar-refractivity contribution in [3.63, 3.8) is 0 Å². The quantitative estimate of drug-likeness (QED) is 0.841. The van der Waals surface area contributed by atoms with E-state index in [2.05, 4.69) is 38.1 Å². The number of benzene rings is 1. The van der Waals surface area contributed by atoms with Gasteiger partial charge in [0.25, 0.3) is 0 Å². The van der Waals surface area contributed by atoms with Gasteiger partial charge in [0.2, 0.25) is 17.7 Å². The van der Waals surface area contributed by atoms with Crippen molar-refractivity contribution in [2.75, 3.05) is 44.7 Å². The molecule has 0 saturated carbocycles. The van der Waals surface area contributed by atoms with Crippen molar-refractivity contribution in [2.45, 2.75) is 13.5 Å². The lowest BCUT2D eigenvalue weighted by atomic mass is 10.1. The van der Waals surface area contributed by atoms with Gasteiger partial charge in [-0.1, -0.05) is 24.3 Å². The Kier molecular flexibility index (Phi) is 6.01. The molecule has 1 fully saturated rings. The van der Waals surface area contributed by atoms with E-state index in [9.17, 15) is 4.79 Å². The molecule has 1 aromatic carbocycles. The number of carbonyl (C=O) groups excluding carboxylic acids is 1. The summed E-state index contributed by atoms with van der Waals surface area (Å²) in [4.78, 5) is 25.2. The van der Waals surface area contributed by atoms with Crippen LogP contribution in [0.2, 0.25) is 0 Å². The number of hydrogen-bond donors (Lipinski definition) is 1. The highest BCUT2D eigenvalue weighted by atomic mass is 16.5. The zero-order valence-electron chi connectivity index (χ0n) is 15.3. The van der Waals surface area contributed by atoms with E-state index in [-0.39, 0.29) is 5.91 Å². The summed E-state index contributed by atoms with van der Waals surface area (Å²) in [6.45, 7) is 6.23. The smallest absolute Gasteiger partial charge is 0.234 e. The van der Waals surface area contributed by atoms with Crippen molar-refractivity contribution in [1.29, 1.82) is 0 Å². The molecule has 1 aromatic heterocycles. The van der Waals surface area contributed by atoms with E-state index in [1.54, 1.807) is 19.4 Å². The summed E-state index contributed by atoms with van der Waals surface area (Å²) < 4.78 is 5.15. The molecule has 0 atom stereocenters. The van der Waals surface area contributed by atoms with Crippen LogP contribution in [0, 0.1) is 6.92 Å². The second-order valence-electron chi connectivity index (χ2n) is 6.37. The highest BCUT2D eigenvalue weighted by Crippen LogP contribution is 2.14. The number of aryl methyl sites for hydroxylation is 1. The zero-order chi connectivity index (χ0) is 18.4. The van der Waals surface area contributed by atoms with E-state index in [4.69, 9.17) is 4.74 Å². The van der Waals surface area contributed by atoms with Crippen molar-refractivity contribution in [1.82, 2.24) is 20.2 Å². The molecule has 1 saturated heterocycles. The van der Waals surface area contributed by atoms with Crippen LogP contribution >= 0.6 is 0 Å². The highest BCUT2D eigenvalue weighted by molar-refractivity contribution is 5.78. The Morgan fingerprint density at radius 2 is 1.96 bits per heavy atom. The minimum absolute atomic E-state index is 0.0549. The molecule has 2 aromatic rings. The Balaban J connectivity index is 1.44. The summed E-state index contributed by atoms with van der Waals surface area (Å²) in [6, 6.07) is 9.84. The summed E-state index contributed by atoms with van der Waals surface area (Å²) in [5, 5.41) is 3.01. The van der Waals surface area contributed by atoms with Crippen LogP contribution in [0.5, 0.6) is 5.88 Å². The van der Waals surface area contributed by atoms with Crippen LogP contribution < -0.4 is 15.0 Å². The maximum Gasteiger partial charge on any atom is 0.234 e. The molecule has 26 heavy (non-hydrogen) atoms. The molecular formula is C19H25N5O2. The van der Waals surface area contributed by atoms with Crippen molar-refractivity contribution >= 4 is 11.9 Å². The number of nitrogens with one attached hydrogen (secondary N) is 1. The van der Waals surface area contributed by atoms with Gasteiger partial charge in [-0.3, -0.25) is 9.69 Å². The van der Waals surface area contributed by atoms with Crippen LogP contribution in [0.25, 0.3) is 0 Å². The van der Waals surface area contributed by atoms with Gasteiger partial charge < -0.3 is 15.0 Å². The third kappa shape index (κ3) is 4.70. The summed E-state index contributed by atoms with van der Waals surface area (Å²) in [5.74, 6) is 1.29. The summed E-state index contributed by atoms with van der Waals surface area (Å²) in [6.07, 6.45) is 1.70. The van der Waals surface area contributed by atoms with Crippen molar-refractivity contribution < 1.29 is 9.53 Å². The van der Waals surface area contributed by atoms with E-state index in [1.165, 1.54) is 5.56 Å². The lowest BCUT2D eigenvalue weighted by molar-refractivity contribution is -0.122. The average Bonchev–Trinajstić information content (AvgIpc) is 2.68. The standard InChI is InChI=1S/C19H25N5O2/c1-15-5-3-4-6-16(15)13-21-17(25)14-23-9-11-24(12-10-23)19-20-8-7-18(22-19)26-2/h3-8H,9-14H2,1-2H3,(H,21,25). The van der Waals surface area contributed by atoms with Crippen molar-refractivity contribution in [3.05, 3.63) is 47.7 Å². The predicted molar refractivity (Wildman–Crippen MR) is 100 cm³/mol. The van der Waals surface area contributed by atoms with Gasteiger partial charge in [-0.15, -0.1) is 0 Å². The van der Waals surface area contributed by atoms with Gasteiger partial charge in [0, 0.05) is 45.0 Å². The Labute approximate surface area is 154 Å². The first-order chi connectivity index (χ1) is 12.7. The number of ether oxygens (including phenoxy) is 1. The van der Waals surface area contributed by atoms with Gasteiger partial charge in [0.1, 0.15) is 0 Å². The first-order valence-electron chi connectivity index (χ1n) is 8.81. The molecule has 1 amide bonds. The largest absolute Gasteiger partial charge is 0.481 e. The van der Waals surface area contributed by atoms with E-state index in [0.29, 0.717) is 24.9 Å². The van der Waals surface area contributed by atoms with Gasteiger partial charge in [0.15, 0.2) is 0 Å². The molecule has 0 bridgehead atoms. The highest BCUT2D eigenvalue weighted by Gasteiger charge is 2.21. The number of anilines is 1. The first kappa shape index (κ1) is 18.1. The van der Waals surface area contributed by atoms with Crippen LogP contribution in [0.15, 0.2) is 36.5 Å². The second-order valence-corrected chi connectivity index (χ2v) is 6.37. The normalized spacial score (nSPS) is 14.9. The first-order valence-corrected chi connectivity index (χ1v) is 8.81. The second kappa shape index (κ2) is 8.62. The van der Waals surface area contributed by atoms with Gasteiger partial charge in [-0.25, -0.2) is 4.98 Å². The van der Waals surface area contributed by atoms with E-state index in [1.807, 2.05) is 18.2 Å². The number of amides is 1. The predicted octanol–water partition coefficient (Wildman–Crippen LogP) is 1.23. The molecule has 0 radical (unpaired) electrons. The molecule has 1 N–H and O–H groups in total. The zero-order valence-corrected chi connectivity index (χ0v) is 15.3. The van der Waals surface area contributed by atoms with Crippen molar-refractivity contribution in [2.24, 2.45) is 0 Å². The number of hydrogen-bond acceptors (Lipinski definition) is 6. The third-order valence-corrected chi connectivity index (χ3v) is 4.59. The molecule has 2 heterocycles. The van der Waals surface area contributed by atoms with E-state index in [0.717, 1.165) is 31.7 Å². The van der Waals surface area contributed by atoms with Crippen LogP contribution in [0.1, 0.15) is 11.1 Å². The third-order valence-electron chi connectivity index (χ3n) is 4.59. The molecular weight excluding hydrogens is 330 g/mol. The maximum atomic E-state index is 12.2. The number of methoxy groups -OCH3 is 1. The minimum atomic E-state index is 0.0549.